The highest BCUT2D eigenvalue weighted by molar-refractivity contribution is 5.97. The van der Waals surface area contributed by atoms with E-state index in [1.54, 1.807) is 60.7 Å². The number of hydrogen-bond acceptors (Lipinski definition) is 13. The molecule has 0 heterocycles. The van der Waals surface area contributed by atoms with Crippen molar-refractivity contribution in [1.29, 1.82) is 0 Å². The van der Waals surface area contributed by atoms with E-state index in [-0.39, 0.29) is 31.4 Å². The molecule has 22 heteroatoms. The smallest absolute Gasteiger partial charge is 0.326 e. The van der Waals surface area contributed by atoms with Crippen LogP contribution in [-0.2, 0) is 52.8 Å². The molecule has 0 radical (unpaired) electrons. The SMILES string of the molecule is C[C@@H](O)[C@H](NC(=O)CNC(=O)[C@H](Cc1ccc(O)cc1)N[N+](=O)[O-])C(=O)N[C@H](C(=O)N[C@@H](Cc1ccccc1)C(=O)N[C@@H](Cc1ccccc1)C(=O)N[C@@H](CCCCN)C(=O)O)[C@@H](C)O. The minimum atomic E-state index is -1.80. The fourth-order valence-electron chi connectivity index (χ4n) is 6.43. The first kappa shape index (κ1) is 52.2. The Labute approximate surface area is 374 Å². The zero-order valence-electron chi connectivity index (χ0n) is 35.8. The lowest BCUT2D eigenvalue weighted by Gasteiger charge is -2.28. The Morgan fingerprint density at radius 3 is 1.52 bits per heavy atom. The van der Waals surface area contributed by atoms with Crippen LogP contribution in [-0.4, -0.2) is 128 Å². The minimum absolute atomic E-state index is 0.0712. The fourth-order valence-corrected chi connectivity index (χ4v) is 6.43. The molecule has 3 aromatic rings. The first-order valence-corrected chi connectivity index (χ1v) is 20.7. The number of hydrogen-bond donors (Lipinski definition) is 12. The molecule has 6 amide bonds. The summed E-state index contributed by atoms with van der Waals surface area (Å²) < 4.78 is 0. The maximum atomic E-state index is 14.1. The summed E-state index contributed by atoms with van der Waals surface area (Å²) in [5.41, 5.74) is 9.01. The van der Waals surface area contributed by atoms with E-state index < -0.39 is 101 Å². The molecule has 352 valence electrons. The first-order valence-electron chi connectivity index (χ1n) is 20.7. The summed E-state index contributed by atoms with van der Waals surface area (Å²) in [6.07, 6.45) is -2.68. The second kappa shape index (κ2) is 26.5. The zero-order chi connectivity index (χ0) is 48.1. The molecule has 0 unspecified atom stereocenters. The number of nitrogens with two attached hydrogens (primary N) is 1. The van der Waals surface area contributed by atoms with Gasteiger partial charge in [0.05, 0.1) is 18.8 Å². The number of aliphatic carboxylic acids is 1. The van der Waals surface area contributed by atoms with E-state index in [1.807, 2.05) is 5.43 Å². The lowest BCUT2D eigenvalue weighted by Crippen LogP contribution is -2.62. The molecular weight excluding hydrogens is 851 g/mol. The lowest BCUT2D eigenvalue weighted by atomic mass is 10.0. The number of phenolic OH excluding ortho intramolecular Hbond substituents is 1. The summed E-state index contributed by atoms with van der Waals surface area (Å²) >= 11 is 0. The Hall–Kier alpha value is -7.17. The number of unbranched alkanes of at least 4 members (excludes halogenated alkanes) is 1. The average Bonchev–Trinajstić information content (AvgIpc) is 3.26. The molecule has 22 nitrogen and oxygen atoms in total. The Balaban J connectivity index is 1.78. The van der Waals surface area contributed by atoms with Gasteiger partial charge in [-0.1, -0.05) is 72.8 Å². The van der Waals surface area contributed by atoms with Crippen molar-refractivity contribution in [1.82, 2.24) is 37.3 Å². The van der Waals surface area contributed by atoms with Crippen LogP contribution in [0.2, 0.25) is 0 Å². The van der Waals surface area contributed by atoms with Crippen molar-refractivity contribution in [2.45, 2.75) is 101 Å². The molecular formula is C43H57N9O13. The third kappa shape index (κ3) is 18.2. The molecule has 0 saturated heterocycles. The Morgan fingerprint density at radius 2 is 1.05 bits per heavy atom. The number of aromatic hydroxyl groups is 1. The molecule has 0 saturated carbocycles. The van der Waals surface area contributed by atoms with Crippen LogP contribution in [0, 0.1) is 10.1 Å². The van der Waals surface area contributed by atoms with Gasteiger partial charge in [-0.2, -0.15) is 0 Å². The number of carboxylic acids is 1. The maximum absolute atomic E-state index is 14.1. The van der Waals surface area contributed by atoms with Crippen molar-refractivity contribution < 1.29 is 59.0 Å². The van der Waals surface area contributed by atoms with Crippen LogP contribution in [0.3, 0.4) is 0 Å². The van der Waals surface area contributed by atoms with E-state index in [9.17, 15) is 64.1 Å². The summed E-state index contributed by atoms with van der Waals surface area (Å²) in [4.78, 5) is 104. The summed E-state index contributed by atoms with van der Waals surface area (Å²) in [5, 5.41) is 65.1. The van der Waals surface area contributed by atoms with Crippen LogP contribution in [0.4, 0.5) is 0 Å². The molecule has 0 aliphatic heterocycles. The second-order valence-corrected chi connectivity index (χ2v) is 15.2. The summed E-state index contributed by atoms with van der Waals surface area (Å²) in [6.45, 7) is 1.80. The largest absolute Gasteiger partial charge is 0.508 e. The van der Waals surface area contributed by atoms with E-state index in [0.29, 0.717) is 36.1 Å². The molecule has 0 aromatic heterocycles. The number of carboxylic acid groups (broad SMARTS) is 1. The number of aliphatic hydroxyl groups is 2. The summed E-state index contributed by atoms with van der Waals surface area (Å²) in [5.74, 6) is -7.30. The number of nitrogens with zero attached hydrogens (tertiary/aromatic N) is 1. The van der Waals surface area contributed by atoms with Gasteiger partial charge in [0.15, 0.2) is 11.1 Å². The Bertz CT molecular complexity index is 2060. The topological polar surface area (TPSA) is 354 Å². The van der Waals surface area contributed by atoms with Crippen LogP contribution in [0.5, 0.6) is 5.75 Å². The molecule has 3 aromatic carbocycles. The molecule has 8 atom stereocenters. The second-order valence-electron chi connectivity index (χ2n) is 15.2. The number of rotatable bonds is 27. The normalized spacial score (nSPS) is 14.6. The summed E-state index contributed by atoms with van der Waals surface area (Å²) in [6, 6.07) is 13.4. The third-order valence-corrected chi connectivity index (χ3v) is 9.91. The molecule has 0 fully saturated rings. The van der Waals surface area contributed by atoms with E-state index in [1.165, 1.54) is 24.3 Å². The van der Waals surface area contributed by atoms with Crippen molar-refractivity contribution >= 4 is 41.4 Å². The van der Waals surface area contributed by atoms with E-state index >= 15 is 0 Å². The average molecular weight is 908 g/mol. The summed E-state index contributed by atoms with van der Waals surface area (Å²) in [7, 11) is 0. The third-order valence-electron chi connectivity index (χ3n) is 9.91. The van der Waals surface area contributed by atoms with Crippen LogP contribution in [0.25, 0.3) is 0 Å². The van der Waals surface area contributed by atoms with Gasteiger partial charge in [-0.3, -0.25) is 28.8 Å². The standard InChI is InChI=1S/C43H57N9O13/c1-25(53)36(49-35(56)24-45-38(57)34(51-52(64)65)23-29-16-18-30(55)19-17-29)42(61)50-37(26(2)54)41(60)48-33(22-28-13-7-4-8-14-28)40(59)47-32(21-27-11-5-3-6-12-27)39(58)46-31(43(62)63)15-9-10-20-44/h3-8,11-14,16-19,25-26,31-34,36-37,51,53-55H,9-10,15,20-24,44H2,1-2H3,(H,45,57)(H,46,58)(H,47,59)(H,48,60)(H,49,56)(H,50,61)(H,62,63)/t25-,26-,31+,32+,33+,34+,36+,37+/m1/s1. The van der Waals surface area contributed by atoms with Crippen molar-refractivity contribution in [3.8, 4) is 5.75 Å². The molecule has 0 aliphatic carbocycles. The number of nitro groups is 1. The minimum Gasteiger partial charge on any atom is -0.508 e. The van der Waals surface area contributed by atoms with Crippen LogP contribution in [0.1, 0.15) is 49.8 Å². The van der Waals surface area contributed by atoms with Gasteiger partial charge in [-0.25, -0.2) is 14.9 Å². The van der Waals surface area contributed by atoms with E-state index in [0.717, 1.165) is 13.8 Å². The van der Waals surface area contributed by atoms with Gasteiger partial charge in [-0.05, 0) is 68.5 Å². The molecule has 3 rings (SSSR count). The van der Waals surface area contributed by atoms with Crippen molar-refractivity contribution in [2.24, 2.45) is 5.73 Å². The molecule has 65 heavy (non-hydrogen) atoms. The number of amides is 6. The van der Waals surface area contributed by atoms with Crippen molar-refractivity contribution in [3.63, 3.8) is 0 Å². The molecule has 13 N–H and O–H groups in total. The number of hydrazine groups is 1. The highest BCUT2D eigenvalue weighted by Crippen LogP contribution is 2.13. The van der Waals surface area contributed by atoms with Crippen LogP contribution in [0.15, 0.2) is 84.9 Å². The van der Waals surface area contributed by atoms with E-state index in [2.05, 4.69) is 31.9 Å². The highest BCUT2D eigenvalue weighted by atomic mass is 16.7. The monoisotopic (exact) mass is 907 g/mol. The number of carbonyl (C=O) groups excluding carboxylic acids is 6. The number of carbonyl (C=O) groups is 7. The number of nitrogens with one attached hydrogen (secondary N) is 7. The fraction of sp³-hybridized carbons (Fsp3) is 0.419. The zero-order valence-corrected chi connectivity index (χ0v) is 35.8. The van der Waals surface area contributed by atoms with Crippen LogP contribution < -0.4 is 43.1 Å². The maximum Gasteiger partial charge on any atom is 0.326 e. The van der Waals surface area contributed by atoms with Gasteiger partial charge in [0, 0.05) is 19.3 Å². The highest BCUT2D eigenvalue weighted by Gasteiger charge is 2.36. The van der Waals surface area contributed by atoms with Gasteiger partial charge < -0.3 is 58.1 Å². The quantitative estimate of drug-likeness (QED) is 0.0226. The van der Waals surface area contributed by atoms with Gasteiger partial charge in [0.25, 0.3) is 0 Å². The number of aliphatic hydroxyl groups excluding tert-OH is 2. The number of phenols is 1. The van der Waals surface area contributed by atoms with Gasteiger partial charge in [-0.15, -0.1) is 5.43 Å². The first-order chi connectivity index (χ1) is 30.9. The van der Waals surface area contributed by atoms with Gasteiger partial charge in [0.2, 0.25) is 35.4 Å². The molecule has 0 aliphatic rings. The number of benzene rings is 3. The molecule has 0 bridgehead atoms. The lowest BCUT2D eigenvalue weighted by molar-refractivity contribution is -0.548. The Morgan fingerprint density at radius 1 is 0.600 bits per heavy atom. The van der Waals surface area contributed by atoms with Gasteiger partial charge >= 0.3 is 5.97 Å². The van der Waals surface area contributed by atoms with Crippen molar-refractivity contribution in [3.05, 3.63) is 112 Å². The Kier molecular flexibility index (Phi) is 21.2. The predicted octanol–water partition coefficient (Wildman–Crippen LogP) is -1.91. The molecule has 0 spiro atoms. The van der Waals surface area contributed by atoms with E-state index in [4.69, 9.17) is 5.73 Å². The van der Waals surface area contributed by atoms with Crippen molar-refractivity contribution in [2.75, 3.05) is 13.1 Å². The van der Waals surface area contributed by atoms with Gasteiger partial charge in [0.1, 0.15) is 36.0 Å². The van der Waals surface area contributed by atoms with Crippen LogP contribution >= 0.6 is 0 Å². The predicted molar refractivity (Wildman–Crippen MR) is 233 cm³/mol.